The molecule has 3 aromatic rings. The molecule has 1 heterocycles. The third-order valence-electron chi connectivity index (χ3n) is 6.35. The average Bonchev–Trinajstić information content (AvgIpc) is 3.16. The minimum atomic E-state index is 0.216. The number of methoxy groups -OCH3 is 1. The van der Waals surface area contributed by atoms with Crippen molar-refractivity contribution in [3.05, 3.63) is 108 Å². The highest BCUT2D eigenvalue weighted by atomic mass is 16.5. The molecule has 1 aliphatic heterocycles. The molecule has 1 fully saturated rings. The third-order valence-corrected chi connectivity index (χ3v) is 6.35. The second kappa shape index (κ2) is 10.6. The second-order valence-corrected chi connectivity index (χ2v) is 8.32. The molecule has 0 saturated carbocycles. The summed E-state index contributed by atoms with van der Waals surface area (Å²) in [4.78, 5) is 0. The summed E-state index contributed by atoms with van der Waals surface area (Å²) in [7, 11) is 1.81. The fourth-order valence-corrected chi connectivity index (χ4v) is 4.89. The first kappa shape index (κ1) is 20.8. The van der Waals surface area contributed by atoms with Crippen molar-refractivity contribution in [2.45, 2.75) is 43.8 Å². The molecule has 0 amide bonds. The molecule has 2 nitrogen and oxygen atoms in total. The fraction of sp³-hybridized carbons (Fsp3) is 0.357. The summed E-state index contributed by atoms with van der Waals surface area (Å²) in [6, 6.07) is 32.4. The van der Waals surface area contributed by atoms with Crippen LogP contribution in [0, 0.1) is 5.92 Å². The lowest BCUT2D eigenvalue weighted by Crippen LogP contribution is -2.25. The molecule has 0 spiro atoms. The molecule has 0 aliphatic carbocycles. The summed E-state index contributed by atoms with van der Waals surface area (Å²) in [5, 5.41) is 0. The first-order valence-corrected chi connectivity index (χ1v) is 11.1. The largest absolute Gasteiger partial charge is 0.384 e. The Balaban J connectivity index is 1.53. The minimum Gasteiger partial charge on any atom is -0.384 e. The van der Waals surface area contributed by atoms with Gasteiger partial charge in [0.05, 0.1) is 18.8 Å². The number of rotatable bonds is 9. The highest BCUT2D eigenvalue weighted by Crippen LogP contribution is 2.43. The molecule has 4 unspecified atom stereocenters. The van der Waals surface area contributed by atoms with Crippen LogP contribution in [-0.2, 0) is 22.3 Å². The molecule has 30 heavy (non-hydrogen) atoms. The van der Waals surface area contributed by atoms with Gasteiger partial charge in [0.15, 0.2) is 0 Å². The Bertz CT molecular complexity index is 863. The Kier molecular flexibility index (Phi) is 7.34. The zero-order valence-electron chi connectivity index (χ0n) is 17.8. The summed E-state index contributed by atoms with van der Waals surface area (Å²) in [5.41, 5.74) is 4.13. The van der Waals surface area contributed by atoms with E-state index in [9.17, 15) is 0 Å². The van der Waals surface area contributed by atoms with Gasteiger partial charge in [-0.3, -0.25) is 0 Å². The van der Waals surface area contributed by atoms with E-state index in [2.05, 4.69) is 91.0 Å². The summed E-state index contributed by atoms with van der Waals surface area (Å²) in [5.74, 6) is 0.748. The molecular weight excluding hydrogens is 368 g/mol. The smallest absolute Gasteiger partial charge is 0.0655 e. The lowest BCUT2D eigenvalue weighted by Gasteiger charge is -2.24. The van der Waals surface area contributed by atoms with Crippen LogP contribution in [-0.4, -0.2) is 25.9 Å². The number of hydrogen-bond donors (Lipinski definition) is 0. The van der Waals surface area contributed by atoms with E-state index in [0.717, 1.165) is 32.3 Å². The van der Waals surface area contributed by atoms with Crippen molar-refractivity contribution in [3.63, 3.8) is 0 Å². The average molecular weight is 401 g/mol. The molecule has 1 aliphatic rings. The van der Waals surface area contributed by atoms with Crippen molar-refractivity contribution < 1.29 is 9.47 Å². The summed E-state index contributed by atoms with van der Waals surface area (Å²) < 4.78 is 12.4. The van der Waals surface area contributed by atoms with E-state index in [4.69, 9.17) is 9.47 Å². The standard InChI is InChI=1S/C28H32O2/c1-29-21-25-26(19-17-22-11-5-2-6-12-22)30-27(20-18-23-13-7-3-8-14-23)28(25)24-15-9-4-10-16-24/h2-16,25-28H,17-21H2,1H3. The van der Waals surface area contributed by atoms with Gasteiger partial charge in [-0.1, -0.05) is 91.0 Å². The van der Waals surface area contributed by atoms with Gasteiger partial charge in [-0.05, 0) is 42.4 Å². The molecule has 2 heteroatoms. The normalized spacial score (nSPS) is 23.5. The predicted molar refractivity (Wildman–Crippen MR) is 123 cm³/mol. The van der Waals surface area contributed by atoms with E-state index in [-0.39, 0.29) is 12.2 Å². The first-order valence-electron chi connectivity index (χ1n) is 11.1. The van der Waals surface area contributed by atoms with Gasteiger partial charge < -0.3 is 9.47 Å². The van der Waals surface area contributed by atoms with Gasteiger partial charge in [-0.2, -0.15) is 0 Å². The van der Waals surface area contributed by atoms with E-state index in [1.54, 1.807) is 0 Å². The van der Waals surface area contributed by atoms with Crippen LogP contribution < -0.4 is 0 Å². The van der Waals surface area contributed by atoms with Crippen molar-refractivity contribution >= 4 is 0 Å². The van der Waals surface area contributed by atoms with Crippen LogP contribution in [0.1, 0.15) is 35.4 Å². The maximum atomic E-state index is 6.76. The Morgan fingerprint density at radius 3 is 1.70 bits per heavy atom. The van der Waals surface area contributed by atoms with Crippen molar-refractivity contribution in [2.24, 2.45) is 5.92 Å². The van der Waals surface area contributed by atoms with Gasteiger partial charge in [0, 0.05) is 18.9 Å². The van der Waals surface area contributed by atoms with Gasteiger partial charge in [0.2, 0.25) is 0 Å². The second-order valence-electron chi connectivity index (χ2n) is 8.32. The lowest BCUT2D eigenvalue weighted by atomic mass is 9.79. The predicted octanol–water partition coefficient (Wildman–Crippen LogP) is 6.07. The molecule has 156 valence electrons. The van der Waals surface area contributed by atoms with Gasteiger partial charge in [0.25, 0.3) is 0 Å². The maximum absolute atomic E-state index is 6.76. The highest BCUT2D eigenvalue weighted by Gasteiger charge is 2.44. The third kappa shape index (κ3) is 5.19. The van der Waals surface area contributed by atoms with Crippen molar-refractivity contribution in [2.75, 3.05) is 13.7 Å². The minimum absolute atomic E-state index is 0.216. The van der Waals surface area contributed by atoms with Crippen LogP contribution >= 0.6 is 0 Å². The summed E-state index contributed by atoms with van der Waals surface area (Å²) in [6.07, 6.45) is 4.58. The van der Waals surface area contributed by atoms with Crippen LogP contribution in [0.3, 0.4) is 0 Å². The number of hydrogen-bond acceptors (Lipinski definition) is 2. The van der Waals surface area contributed by atoms with Crippen LogP contribution in [0.15, 0.2) is 91.0 Å². The lowest BCUT2D eigenvalue weighted by molar-refractivity contribution is 0.0139. The van der Waals surface area contributed by atoms with Crippen molar-refractivity contribution in [1.29, 1.82) is 0 Å². The van der Waals surface area contributed by atoms with Crippen LogP contribution in [0.25, 0.3) is 0 Å². The van der Waals surface area contributed by atoms with Crippen LogP contribution in [0.4, 0.5) is 0 Å². The Morgan fingerprint density at radius 2 is 1.17 bits per heavy atom. The van der Waals surface area contributed by atoms with Crippen LogP contribution in [0.2, 0.25) is 0 Å². The van der Waals surface area contributed by atoms with E-state index in [1.165, 1.54) is 16.7 Å². The molecule has 1 saturated heterocycles. The SMILES string of the molecule is COCC1C(CCc2ccccc2)OC(CCc2ccccc2)C1c1ccccc1. The summed E-state index contributed by atoms with van der Waals surface area (Å²) >= 11 is 0. The molecular formula is C28H32O2. The fourth-order valence-electron chi connectivity index (χ4n) is 4.89. The highest BCUT2D eigenvalue weighted by molar-refractivity contribution is 5.25. The molecule has 3 aromatic carbocycles. The van der Waals surface area contributed by atoms with Crippen LogP contribution in [0.5, 0.6) is 0 Å². The molecule has 4 rings (SSSR count). The maximum Gasteiger partial charge on any atom is 0.0655 e. The van der Waals surface area contributed by atoms with Gasteiger partial charge in [0.1, 0.15) is 0 Å². The van der Waals surface area contributed by atoms with Crippen molar-refractivity contribution in [1.82, 2.24) is 0 Å². The number of benzene rings is 3. The zero-order valence-corrected chi connectivity index (χ0v) is 17.8. The number of aryl methyl sites for hydroxylation is 2. The quantitative estimate of drug-likeness (QED) is 0.434. The first-order chi connectivity index (χ1) is 14.8. The van der Waals surface area contributed by atoms with E-state index in [0.29, 0.717) is 11.8 Å². The Morgan fingerprint density at radius 1 is 0.667 bits per heavy atom. The van der Waals surface area contributed by atoms with E-state index < -0.39 is 0 Å². The molecule has 0 aromatic heterocycles. The Hall–Kier alpha value is -2.42. The number of ether oxygens (including phenoxy) is 2. The van der Waals surface area contributed by atoms with Crippen molar-refractivity contribution in [3.8, 4) is 0 Å². The van der Waals surface area contributed by atoms with E-state index >= 15 is 0 Å². The van der Waals surface area contributed by atoms with Gasteiger partial charge in [-0.15, -0.1) is 0 Å². The molecule has 0 bridgehead atoms. The molecule has 0 radical (unpaired) electrons. The topological polar surface area (TPSA) is 18.5 Å². The monoisotopic (exact) mass is 400 g/mol. The molecule has 4 atom stereocenters. The van der Waals surface area contributed by atoms with Gasteiger partial charge in [-0.25, -0.2) is 0 Å². The Labute approximate surface area is 180 Å². The van der Waals surface area contributed by atoms with Gasteiger partial charge >= 0.3 is 0 Å². The molecule has 0 N–H and O–H groups in total. The summed E-state index contributed by atoms with van der Waals surface area (Å²) in [6.45, 7) is 0.737. The van der Waals surface area contributed by atoms with E-state index in [1.807, 2.05) is 7.11 Å². The zero-order chi connectivity index (χ0) is 20.6.